The highest BCUT2D eigenvalue weighted by molar-refractivity contribution is 6.31. The predicted octanol–water partition coefficient (Wildman–Crippen LogP) is 4.17. The minimum absolute atomic E-state index is 0.353. The van der Waals surface area contributed by atoms with Crippen molar-refractivity contribution in [1.82, 2.24) is 10.2 Å². The Kier molecular flexibility index (Phi) is 5.76. The number of hydrogen-bond acceptors (Lipinski definition) is 4. The lowest BCUT2D eigenvalue weighted by atomic mass is 9.94. The number of carbonyl (C=O) groups is 2. The van der Waals surface area contributed by atoms with Crippen LogP contribution in [0, 0.1) is 0 Å². The molecule has 4 rings (SSSR count). The van der Waals surface area contributed by atoms with Crippen LogP contribution in [0.25, 0.3) is 5.57 Å². The Morgan fingerprint density at radius 1 is 0.966 bits per heavy atom. The molecule has 1 heterocycles. The van der Waals surface area contributed by atoms with Crippen molar-refractivity contribution in [1.29, 1.82) is 0 Å². The summed E-state index contributed by atoms with van der Waals surface area (Å²) in [5, 5.41) is 5.59. The monoisotopic (exact) mass is 389 g/mol. The number of nitrogens with zero attached hydrogens (tertiary/aromatic N) is 1. The van der Waals surface area contributed by atoms with Crippen LogP contribution in [0.2, 0.25) is 0 Å². The average Bonchev–Trinajstić information content (AvgIpc) is 2.75. The van der Waals surface area contributed by atoms with Crippen molar-refractivity contribution in [2.45, 2.75) is 44.7 Å². The second-order valence-electron chi connectivity index (χ2n) is 7.94. The molecule has 2 aliphatic rings. The molecule has 0 spiro atoms. The van der Waals surface area contributed by atoms with Crippen LogP contribution >= 0.6 is 0 Å². The molecule has 2 aromatic carbocycles. The van der Waals surface area contributed by atoms with E-state index in [1.54, 1.807) is 24.4 Å². The Hall–Kier alpha value is -2.92. The molecule has 2 amide bonds. The number of anilines is 1. The van der Waals surface area contributed by atoms with Crippen LogP contribution in [-0.4, -0.2) is 29.8 Å². The molecule has 1 aliphatic heterocycles. The fraction of sp³-hybridized carbons (Fsp3) is 0.333. The van der Waals surface area contributed by atoms with Crippen molar-refractivity contribution in [3.8, 4) is 0 Å². The van der Waals surface area contributed by atoms with Gasteiger partial charge in [-0.3, -0.25) is 19.8 Å². The van der Waals surface area contributed by atoms with Gasteiger partial charge in [0.1, 0.15) is 0 Å². The van der Waals surface area contributed by atoms with Gasteiger partial charge < -0.3 is 5.32 Å². The van der Waals surface area contributed by atoms with E-state index in [1.165, 1.54) is 37.7 Å². The van der Waals surface area contributed by atoms with E-state index in [2.05, 4.69) is 34.7 Å². The molecule has 1 fully saturated rings. The number of hydrogen-bond donors (Lipinski definition) is 2. The summed E-state index contributed by atoms with van der Waals surface area (Å²) in [6, 6.07) is 16.1. The van der Waals surface area contributed by atoms with E-state index in [0.29, 0.717) is 22.7 Å². The number of nitrogens with one attached hydrogen (secondary N) is 2. The van der Waals surface area contributed by atoms with Gasteiger partial charge in [0.05, 0.1) is 5.57 Å². The predicted molar refractivity (Wildman–Crippen MR) is 115 cm³/mol. The van der Waals surface area contributed by atoms with Crippen LogP contribution in [0.5, 0.6) is 0 Å². The van der Waals surface area contributed by atoms with E-state index in [-0.39, 0.29) is 11.8 Å². The summed E-state index contributed by atoms with van der Waals surface area (Å²) in [6.45, 7) is 0.948. The third kappa shape index (κ3) is 4.40. The van der Waals surface area contributed by atoms with Gasteiger partial charge in [-0.05, 0) is 43.7 Å². The van der Waals surface area contributed by atoms with Crippen molar-refractivity contribution in [2.75, 3.05) is 12.4 Å². The Morgan fingerprint density at radius 3 is 2.38 bits per heavy atom. The van der Waals surface area contributed by atoms with Crippen molar-refractivity contribution in [3.05, 3.63) is 71.4 Å². The van der Waals surface area contributed by atoms with E-state index in [1.807, 2.05) is 18.2 Å². The molecule has 5 nitrogen and oxygen atoms in total. The zero-order valence-corrected chi connectivity index (χ0v) is 16.8. The van der Waals surface area contributed by atoms with E-state index in [4.69, 9.17) is 0 Å². The van der Waals surface area contributed by atoms with Crippen LogP contribution in [0.3, 0.4) is 0 Å². The lowest BCUT2D eigenvalue weighted by Crippen LogP contribution is -2.36. The maximum atomic E-state index is 12.3. The fourth-order valence-corrected chi connectivity index (χ4v) is 4.22. The minimum atomic E-state index is -0.382. The summed E-state index contributed by atoms with van der Waals surface area (Å²) in [7, 11) is 2.22. The minimum Gasteiger partial charge on any atom is -0.361 e. The largest absolute Gasteiger partial charge is 0.361 e. The number of amides is 2. The molecule has 2 aromatic rings. The normalized spacial score (nSPS) is 18.6. The molecule has 0 unspecified atom stereocenters. The summed E-state index contributed by atoms with van der Waals surface area (Å²) in [5.74, 6) is -0.735. The lowest BCUT2D eigenvalue weighted by Gasteiger charge is -2.31. The summed E-state index contributed by atoms with van der Waals surface area (Å²) < 4.78 is 0. The summed E-state index contributed by atoms with van der Waals surface area (Å²) in [5.41, 5.74) is 3.81. The van der Waals surface area contributed by atoms with Gasteiger partial charge in [0, 0.05) is 35.6 Å². The van der Waals surface area contributed by atoms with Crippen molar-refractivity contribution < 1.29 is 9.59 Å². The number of benzene rings is 2. The standard InChI is InChI=1S/C24H27N3O2/c1-27(19-7-3-2-4-8-19)16-17-11-13-18(14-12-17)25-15-22-20-9-5-6-10-21(20)23(28)26-24(22)29/h5-6,9-15,19,25H,2-4,7-8,16H2,1H3,(H,26,28,29). The second-order valence-corrected chi connectivity index (χ2v) is 7.94. The second kappa shape index (κ2) is 8.62. The van der Waals surface area contributed by atoms with E-state index >= 15 is 0 Å². The SMILES string of the molecule is CN(Cc1ccc(NC=C2C(=O)NC(=O)c3ccccc32)cc1)C1CCCCC1. The van der Waals surface area contributed by atoms with Gasteiger partial charge in [0.25, 0.3) is 11.8 Å². The smallest absolute Gasteiger partial charge is 0.260 e. The van der Waals surface area contributed by atoms with Crippen molar-refractivity contribution in [3.63, 3.8) is 0 Å². The Balaban J connectivity index is 1.43. The van der Waals surface area contributed by atoms with Crippen LogP contribution in [-0.2, 0) is 11.3 Å². The molecule has 0 radical (unpaired) electrons. The Labute approximate surface area is 171 Å². The summed E-state index contributed by atoms with van der Waals surface area (Å²) >= 11 is 0. The van der Waals surface area contributed by atoms with E-state index in [0.717, 1.165) is 12.2 Å². The Morgan fingerprint density at radius 2 is 1.66 bits per heavy atom. The number of carbonyl (C=O) groups excluding carboxylic acids is 2. The topological polar surface area (TPSA) is 61.4 Å². The quantitative estimate of drug-likeness (QED) is 0.595. The van der Waals surface area contributed by atoms with Gasteiger partial charge in [-0.25, -0.2) is 0 Å². The molecule has 5 heteroatoms. The van der Waals surface area contributed by atoms with E-state index < -0.39 is 0 Å². The van der Waals surface area contributed by atoms with E-state index in [9.17, 15) is 9.59 Å². The third-order valence-electron chi connectivity index (χ3n) is 5.90. The van der Waals surface area contributed by atoms with Crippen molar-refractivity contribution >= 4 is 23.1 Å². The number of imide groups is 1. The maximum Gasteiger partial charge on any atom is 0.260 e. The van der Waals surface area contributed by atoms with Gasteiger partial charge >= 0.3 is 0 Å². The van der Waals surface area contributed by atoms with Gasteiger partial charge in [0.2, 0.25) is 0 Å². The summed E-state index contributed by atoms with van der Waals surface area (Å²) in [4.78, 5) is 26.7. The molecule has 1 saturated carbocycles. The van der Waals surface area contributed by atoms with Gasteiger partial charge in [0.15, 0.2) is 0 Å². The van der Waals surface area contributed by atoms with Gasteiger partial charge in [-0.15, -0.1) is 0 Å². The Bertz CT molecular complexity index is 927. The fourth-order valence-electron chi connectivity index (χ4n) is 4.22. The molecule has 0 aromatic heterocycles. The highest BCUT2D eigenvalue weighted by Gasteiger charge is 2.26. The van der Waals surface area contributed by atoms with Crippen molar-refractivity contribution in [2.24, 2.45) is 0 Å². The van der Waals surface area contributed by atoms with Crippen LogP contribution in [0.1, 0.15) is 53.6 Å². The highest BCUT2D eigenvalue weighted by atomic mass is 16.2. The van der Waals surface area contributed by atoms with Gasteiger partial charge in [-0.2, -0.15) is 0 Å². The highest BCUT2D eigenvalue weighted by Crippen LogP contribution is 2.25. The molecular weight excluding hydrogens is 362 g/mol. The molecule has 150 valence electrons. The first-order valence-electron chi connectivity index (χ1n) is 10.3. The zero-order chi connectivity index (χ0) is 20.2. The third-order valence-corrected chi connectivity index (χ3v) is 5.90. The molecule has 0 atom stereocenters. The average molecular weight is 389 g/mol. The zero-order valence-electron chi connectivity index (χ0n) is 16.8. The first-order chi connectivity index (χ1) is 14.1. The van der Waals surface area contributed by atoms with Crippen LogP contribution in [0.15, 0.2) is 54.7 Å². The number of rotatable bonds is 5. The lowest BCUT2D eigenvalue weighted by molar-refractivity contribution is -0.114. The summed E-state index contributed by atoms with van der Waals surface area (Å²) in [6.07, 6.45) is 8.33. The molecule has 0 bridgehead atoms. The molecular formula is C24H27N3O2. The van der Waals surface area contributed by atoms with Crippen LogP contribution in [0.4, 0.5) is 5.69 Å². The molecule has 1 aliphatic carbocycles. The van der Waals surface area contributed by atoms with Crippen LogP contribution < -0.4 is 10.6 Å². The first-order valence-corrected chi connectivity index (χ1v) is 10.3. The first kappa shape index (κ1) is 19.4. The maximum absolute atomic E-state index is 12.3. The van der Waals surface area contributed by atoms with Gasteiger partial charge in [-0.1, -0.05) is 49.6 Å². The molecule has 2 N–H and O–H groups in total. The molecule has 29 heavy (non-hydrogen) atoms. The number of fused-ring (bicyclic) bond motifs is 1. The molecule has 0 saturated heterocycles.